The van der Waals surface area contributed by atoms with Crippen molar-refractivity contribution < 1.29 is 34.8 Å². The van der Waals surface area contributed by atoms with Gasteiger partial charge in [-0.1, -0.05) is 42.5 Å². The number of allylic oxidation sites excluding steroid dienone is 2. The number of pyridine rings is 1. The molecule has 161 valence electrons. The normalized spacial score (nSPS) is 11.7. The first-order valence-corrected chi connectivity index (χ1v) is 9.89. The standard InChI is InChI=1S/C22H12NO.C5H8O2.Ir/c24-22-16-11-5-4-10-15(16)19-17-12-6-7-13-18(17)23-21(20(19)22)14-8-2-1-3-9-14;1-4(6)3-5(2)7;/h1-8,10-13H;3,6H,1-2H3;/q-1;;/b;4-3-;. The number of rotatable bonds is 2. The van der Waals surface area contributed by atoms with Crippen LogP contribution in [0.3, 0.4) is 0 Å². The minimum Gasteiger partial charge on any atom is -0.512 e. The number of nitrogens with zero attached hydrogens (tertiary/aromatic N) is 1. The summed E-state index contributed by atoms with van der Waals surface area (Å²) in [5.41, 5.74) is 5.89. The molecule has 0 fully saturated rings. The van der Waals surface area contributed by atoms with Crippen LogP contribution >= 0.6 is 0 Å². The fraction of sp³-hybridized carbons (Fsp3) is 0.0741. The monoisotopic (exact) mass is 599 g/mol. The minimum atomic E-state index is -0.125. The Labute approximate surface area is 200 Å². The first-order chi connectivity index (χ1) is 15.0. The zero-order valence-corrected chi connectivity index (χ0v) is 19.9. The topological polar surface area (TPSA) is 67.3 Å². The van der Waals surface area contributed by atoms with E-state index in [9.17, 15) is 9.59 Å². The number of aliphatic hydroxyl groups excluding tert-OH is 1. The smallest absolute Gasteiger partial charge is 0.187 e. The van der Waals surface area contributed by atoms with Gasteiger partial charge in [0.15, 0.2) is 11.6 Å². The SMILES string of the molecule is CC(=O)/C=C(/C)O.O=C1c2ccccc2-c2c1c(-c1[c-]cccc1)nc1ccccc21.[Ir]. The number of hydrogen-bond donors (Lipinski definition) is 1. The number of fused-ring (bicyclic) bond motifs is 5. The maximum Gasteiger partial charge on any atom is 0.187 e. The molecule has 1 aliphatic rings. The van der Waals surface area contributed by atoms with E-state index in [4.69, 9.17) is 10.1 Å². The number of hydrogen-bond acceptors (Lipinski definition) is 4. The third kappa shape index (κ3) is 4.45. The van der Waals surface area contributed by atoms with E-state index in [1.165, 1.54) is 19.9 Å². The van der Waals surface area contributed by atoms with Crippen LogP contribution < -0.4 is 0 Å². The van der Waals surface area contributed by atoms with Gasteiger partial charge in [-0.25, -0.2) is 0 Å². The van der Waals surface area contributed by atoms with Crippen molar-refractivity contribution in [1.29, 1.82) is 0 Å². The summed E-state index contributed by atoms with van der Waals surface area (Å²) < 4.78 is 0. The molecular weight excluding hydrogens is 579 g/mol. The van der Waals surface area contributed by atoms with Crippen LogP contribution in [0.25, 0.3) is 33.3 Å². The fourth-order valence-electron chi connectivity index (χ4n) is 3.78. The molecule has 1 N–H and O–H groups in total. The van der Waals surface area contributed by atoms with E-state index in [1.807, 2.05) is 72.8 Å². The Bertz CT molecular complexity index is 1340. The van der Waals surface area contributed by atoms with E-state index in [0.717, 1.165) is 33.2 Å². The van der Waals surface area contributed by atoms with Gasteiger partial charge in [-0.15, -0.1) is 35.9 Å². The fourth-order valence-corrected chi connectivity index (χ4v) is 3.78. The average molecular weight is 599 g/mol. The molecule has 3 aromatic carbocycles. The molecule has 1 aliphatic carbocycles. The number of benzene rings is 3. The maximum atomic E-state index is 13.1. The van der Waals surface area contributed by atoms with Crippen LogP contribution in [0.1, 0.15) is 29.8 Å². The Hall–Kier alpha value is -3.40. The van der Waals surface area contributed by atoms with Gasteiger partial charge in [-0.2, -0.15) is 0 Å². The van der Waals surface area contributed by atoms with Gasteiger partial charge in [0.05, 0.1) is 11.3 Å². The summed E-state index contributed by atoms with van der Waals surface area (Å²) in [7, 11) is 0. The summed E-state index contributed by atoms with van der Waals surface area (Å²) in [6.07, 6.45) is 1.17. The Morgan fingerprint density at radius 3 is 2.19 bits per heavy atom. The summed E-state index contributed by atoms with van der Waals surface area (Å²) in [4.78, 5) is 27.9. The van der Waals surface area contributed by atoms with Crippen molar-refractivity contribution in [1.82, 2.24) is 4.98 Å². The van der Waals surface area contributed by atoms with Gasteiger partial charge < -0.3 is 5.11 Å². The van der Waals surface area contributed by atoms with Gasteiger partial charge in [-0.3, -0.25) is 14.6 Å². The number of aromatic nitrogens is 1. The summed E-state index contributed by atoms with van der Waals surface area (Å²) in [5.74, 6) is -0.0152. The minimum absolute atomic E-state index is 0. The Balaban J connectivity index is 0.000000318. The Morgan fingerprint density at radius 2 is 1.56 bits per heavy atom. The molecule has 1 radical (unpaired) electrons. The van der Waals surface area contributed by atoms with Crippen molar-refractivity contribution in [3.8, 4) is 22.4 Å². The molecule has 0 saturated heterocycles. The third-order valence-electron chi connectivity index (χ3n) is 4.94. The molecule has 0 aliphatic heterocycles. The largest absolute Gasteiger partial charge is 0.512 e. The molecule has 4 nitrogen and oxygen atoms in total. The van der Waals surface area contributed by atoms with Crippen molar-refractivity contribution >= 4 is 22.5 Å². The quantitative estimate of drug-likeness (QED) is 0.155. The number of aliphatic hydroxyl groups is 1. The molecular formula is C27H20IrNO3-. The van der Waals surface area contributed by atoms with Crippen molar-refractivity contribution in [3.63, 3.8) is 0 Å². The van der Waals surface area contributed by atoms with E-state index in [1.54, 1.807) is 0 Å². The van der Waals surface area contributed by atoms with E-state index in [-0.39, 0.29) is 37.4 Å². The number of ketones is 2. The third-order valence-corrected chi connectivity index (χ3v) is 4.94. The molecule has 0 atom stereocenters. The summed E-state index contributed by atoms with van der Waals surface area (Å²) >= 11 is 0. The second-order valence-electron chi connectivity index (χ2n) is 7.27. The second kappa shape index (κ2) is 9.82. The average Bonchev–Trinajstić information content (AvgIpc) is 3.07. The summed E-state index contributed by atoms with van der Waals surface area (Å²) in [5, 5.41) is 9.38. The van der Waals surface area contributed by atoms with Gasteiger partial charge in [-0.05, 0) is 31.0 Å². The van der Waals surface area contributed by atoms with Gasteiger partial charge in [0.25, 0.3) is 0 Å². The molecule has 0 unspecified atom stereocenters. The first kappa shape index (κ1) is 23.3. The van der Waals surface area contributed by atoms with Gasteiger partial charge in [0.1, 0.15) is 0 Å². The van der Waals surface area contributed by atoms with E-state index < -0.39 is 0 Å². The zero-order chi connectivity index (χ0) is 22.0. The maximum absolute atomic E-state index is 13.1. The van der Waals surface area contributed by atoms with Crippen LogP contribution in [0, 0.1) is 6.07 Å². The number of para-hydroxylation sites is 1. The van der Waals surface area contributed by atoms with Crippen LogP contribution in [-0.4, -0.2) is 21.7 Å². The Morgan fingerprint density at radius 1 is 0.906 bits per heavy atom. The molecule has 0 saturated carbocycles. The predicted molar refractivity (Wildman–Crippen MR) is 122 cm³/mol. The van der Waals surface area contributed by atoms with Gasteiger partial charge in [0, 0.05) is 48.4 Å². The number of carbonyl (C=O) groups is 2. The summed E-state index contributed by atoms with van der Waals surface area (Å²) in [6, 6.07) is 26.7. The van der Waals surface area contributed by atoms with Gasteiger partial charge in [0.2, 0.25) is 0 Å². The van der Waals surface area contributed by atoms with Crippen LogP contribution in [0.15, 0.2) is 84.6 Å². The van der Waals surface area contributed by atoms with E-state index in [0.29, 0.717) is 11.3 Å². The van der Waals surface area contributed by atoms with E-state index in [2.05, 4.69) is 6.07 Å². The molecule has 0 amide bonds. The van der Waals surface area contributed by atoms with Crippen LogP contribution in [0.5, 0.6) is 0 Å². The van der Waals surface area contributed by atoms with Crippen LogP contribution in [-0.2, 0) is 24.9 Å². The number of carbonyl (C=O) groups excluding carboxylic acids is 2. The zero-order valence-electron chi connectivity index (χ0n) is 17.5. The first-order valence-electron chi connectivity index (χ1n) is 9.89. The van der Waals surface area contributed by atoms with Gasteiger partial charge >= 0.3 is 0 Å². The Kier molecular flexibility index (Phi) is 7.14. The molecule has 1 aromatic heterocycles. The molecule has 32 heavy (non-hydrogen) atoms. The molecule has 1 heterocycles. The molecule has 5 heteroatoms. The predicted octanol–water partition coefficient (Wildman–Crippen LogP) is 5.95. The van der Waals surface area contributed by atoms with Crippen LogP contribution in [0.4, 0.5) is 0 Å². The van der Waals surface area contributed by atoms with Crippen LogP contribution in [0.2, 0.25) is 0 Å². The molecule has 4 aromatic rings. The van der Waals surface area contributed by atoms with E-state index >= 15 is 0 Å². The van der Waals surface area contributed by atoms with Crippen molar-refractivity contribution in [2.45, 2.75) is 13.8 Å². The summed E-state index contributed by atoms with van der Waals surface area (Å²) in [6.45, 7) is 2.85. The molecule has 0 bridgehead atoms. The molecule has 5 rings (SSSR count). The van der Waals surface area contributed by atoms with Crippen molar-refractivity contribution in [3.05, 3.63) is 102 Å². The second-order valence-corrected chi connectivity index (χ2v) is 7.27. The molecule has 0 spiro atoms. The van der Waals surface area contributed by atoms with Crippen molar-refractivity contribution in [2.75, 3.05) is 0 Å². The van der Waals surface area contributed by atoms with Crippen molar-refractivity contribution in [2.24, 2.45) is 0 Å².